The molecule has 112 valence electrons. The molecular weight excluding hydrogens is 264 g/mol. The Morgan fingerprint density at radius 3 is 2.76 bits per heavy atom. The van der Waals surface area contributed by atoms with Gasteiger partial charge in [0.2, 0.25) is 11.8 Å². The van der Waals surface area contributed by atoms with Crippen molar-refractivity contribution in [3.63, 3.8) is 0 Å². The minimum Gasteiger partial charge on any atom is -0.342 e. The molecule has 1 fully saturated rings. The van der Waals surface area contributed by atoms with E-state index in [1.165, 1.54) is 5.56 Å². The second-order valence-corrected chi connectivity index (χ2v) is 6.19. The minimum atomic E-state index is -0.0590. The van der Waals surface area contributed by atoms with Gasteiger partial charge < -0.3 is 9.80 Å². The summed E-state index contributed by atoms with van der Waals surface area (Å²) in [6, 6.07) is 8.35. The fourth-order valence-electron chi connectivity index (χ4n) is 3.56. The molecule has 0 N–H and O–H groups in total. The molecule has 4 nitrogen and oxygen atoms in total. The van der Waals surface area contributed by atoms with Gasteiger partial charge >= 0.3 is 0 Å². The summed E-state index contributed by atoms with van der Waals surface area (Å²) in [5, 5.41) is 0. The van der Waals surface area contributed by atoms with E-state index in [9.17, 15) is 9.59 Å². The number of rotatable bonds is 1. The van der Waals surface area contributed by atoms with E-state index in [1.807, 2.05) is 23.1 Å². The predicted molar refractivity (Wildman–Crippen MR) is 82.1 cm³/mol. The van der Waals surface area contributed by atoms with Crippen LogP contribution in [0.4, 0.5) is 5.69 Å². The van der Waals surface area contributed by atoms with Crippen molar-refractivity contribution in [1.82, 2.24) is 4.90 Å². The number of benzene rings is 1. The van der Waals surface area contributed by atoms with Gasteiger partial charge in [-0.05, 0) is 37.8 Å². The van der Waals surface area contributed by atoms with Crippen molar-refractivity contribution < 1.29 is 9.59 Å². The summed E-state index contributed by atoms with van der Waals surface area (Å²) in [5.41, 5.74) is 2.30. The summed E-state index contributed by atoms with van der Waals surface area (Å²) in [6.07, 6.45) is 2.72. The Balaban J connectivity index is 1.80. The normalized spacial score (nSPS) is 24.9. The Hall–Kier alpha value is -1.84. The standard InChI is InChI=1S/C17H22N2O2/c1-12-10-14-6-3-4-8-16(14)19(12)17(21)15-7-5-9-18(11-15)13(2)20/h3-4,6,8,12,15H,5,7,9-11H2,1-2H3. The zero-order valence-corrected chi connectivity index (χ0v) is 12.7. The summed E-state index contributed by atoms with van der Waals surface area (Å²) in [4.78, 5) is 28.2. The molecule has 2 amide bonds. The van der Waals surface area contributed by atoms with Crippen molar-refractivity contribution >= 4 is 17.5 Å². The third-order valence-corrected chi connectivity index (χ3v) is 4.66. The van der Waals surface area contributed by atoms with Crippen LogP contribution in [-0.2, 0) is 16.0 Å². The van der Waals surface area contributed by atoms with Gasteiger partial charge in [0.05, 0.1) is 5.92 Å². The van der Waals surface area contributed by atoms with Crippen molar-refractivity contribution in [1.29, 1.82) is 0 Å². The molecule has 0 bridgehead atoms. The maximum atomic E-state index is 12.9. The van der Waals surface area contributed by atoms with Crippen LogP contribution >= 0.6 is 0 Å². The van der Waals surface area contributed by atoms with Gasteiger partial charge in [-0.3, -0.25) is 9.59 Å². The second kappa shape index (κ2) is 5.51. The van der Waals surface area contributed by atoms with Gasteiger partial charge in [0.1, 0.15) is 0 Å². The third kappa shape index (κ3) is 2.55. The lowest BCUT2D eigenvalue weighted by Gasteiger charge is -2.34. The Bertz CT molecular complexity index is 570. The monoisotopic (exact) mass is 286 g/mol. The van der Waals surface area contributed by atoms with Crippen LogP contribution < -0.4 is 4.90 Å². The first-order valence-corrected chi connectivity index (χ1v) is 7.74. The van der Waals surface area contributed by atoms with Gasteiger partial charge in [0, 0.05) is 31.7 Å². The third-order valence-electron chi connectivity index (χ3n) is 4.66. The Morgan fingerprint density at radius 1 is 1.24 bits per heavy atom. The van der Waals surface area contributed by atoms with Crippen molar-refractivity contribution in [3.05, 3.63) is 29.8 Å². The molecule has 2 aliphatic rings. The zero-order valence-electron chi connectivity index (χ0n) is 12.7. The highest BCUT2D eigenvalue weighted by atomic mass is 16.2. The average molecular weight is 286 g/mol. The van der Waals surface area contributed by atoms with E-state index in [-0.39, 0.29) is 23.8 Å². The number of piperidine rings is 1. The highest BCUT2D eigenvalue weighted by Gasteiger charge is 2.36. The molecule has 4 heteroatoms. The molecule has 0 radical (unpaired) electrons. The van der Waals surface area contributed by atoms with E-state index < -0.39 is 0 Å². The quantitative estimate of drug-likeness (QED) is 0.794. The maximum absolute atomic E-state index is 12.9. The molecule has 2 atom stereocenters. The fourth-order valence-corrected chi connectivity index (χ4v) is 3.56. The van der Waals surface area contributed by atoms with Gasteiger partial charge in [-0.15, -0.1) is 0 Å². The molecule has 3 rings (SSSR count). The van der Waals surface area contributed by atoms with Gasteiger partial charge in [0.15, 0.2) is 0 Å². The molecule has 0 spiro atoms. The topological polar surface area (TPSA) is 40.6 Å². The number of hydrogen-bond donors (Lipinski definition) is 0. The molecule has 0 saturated carbocycles. The van der Waals surface area contributed by atoms with E-state index in [1.54, 1.807) is 11.8 Å². The van der Waals surface area contributed by atoms with Crippen molar-refractivity contribution in [2.45, 2.75) is 39.2 Å². The van der Waals surface area contributed by atoms with Crippen LogP contribution in [0.2, 0.25) is 0 Å². The Labute approximate surface area is 125 Å². The predicted octanol–water partition coefficient (Wildman–Crippen LogP) is 2.22. The molecule has 1 aromatic carbocycles. The maximum Gasteiger partial charge on any atom is 0.232 e. The molecule has 1 saturated heterocycles. The summed E-state index contributed by atoms with van der Waals surface area (Å²) >= 11 is 0. The molecule has 0 aliphatic carbocycles. The second-order valence-electron chi connectivity index (χ2n) is 6.19. The van der Waals surface area contributed by atoms with Crippen LogP contribution in [-0.4, -0.2) is 35.8 Å². The summed E-state index contributed by atoms with van der Waals surface area (Å²) < 4.78 is 0. The first kappa shape index (κ1) is 14.1. The molecule has 21 heavy (non-hydrogen) atoms. The Kier molecular flexibility index (Phi) is 3.70. The van der Waals surface area contributed by atoms with Gasteiger partial charge in [-0.25, -0.2) is 0 Å². The van der Waals surface area contributed by atoms with E-state index in [0.29, 0.717) is 6.54 Å². The van der Waals surface area contributed by atoms with Gasteiger partial charge in [-0.1, -0.05) is 18.2 Å². The lowest BCUT2D eigenvalue weighted by Crippen LogP contribution is -2.47. The number of fused-ring (bicyclic) bond motifs is 1. The van der Waals surface area contributed by atoms with Crippen molar-refractivity contribution in [2.75, 3.05) is 18.0 Å². The molecular formula is C17H22N2O2. The largest absolute Gasteiger partial charge is 0.342 e. The van der Waals surface area contributed by atoms with Crippen LogP contribution in [0.15, 0.2) is 24.3 Å². The number of nitrogens with zero attached hydrogens (tertiary/aromatic N) is 2. The number of anilines is 1. The number of likely N-dealkylation sites (tertiary alicyclic amines) is 1. The molecule has 0 aromatic heterocycles. The van der Waals surface area contributed by atoms with E-state index in [4.69, 9.17) is 0 Å². The molecule has 1 aromatic rings. The minimum absolute atomic E-state index is 0.0590. The van der Waals surface area contributed by atoms with E-state index in [2.05, 4.69) is 13.0 Å². The molecule has 2 unspecified atom stereocenters. The SMILES string of the molecule is CC(=O)N1CCCC(C(=O)N2c3ccccc3CC2C)C1. The summed E-state index contributed by atoms with van der Waals surface area (Å²) in [7, 11) is 0. The zero-order chi connectivity index (χ0) is 15.0. The number of hydrogen-bond acceptors (Lipinski definition) is 2. The van der Waals surface area contributed by atoms with Crippen LogP contribution in [0.3, 0.4) is 0 Å². The highest BCUT2D eigenvalue weighted by Crippen LogP contribution is 2.34. The van der Waals surface area contributed by atoms with E-state index in [0.717, 1.165) is 31.5 Å². The van der Waals surface area contributed by atoms with E-state index >= 15 is 0 Å². The number of para-hydroxylation sites is 1. The summed E-state index contributed by atoms with van der Waals surface area (Å²) in [5.74, 6) is 0.192. The number of amides is 2. The van der Waals surface area contributed by atoms with Crippen molar-refractivity contribution in [3.8, 4) is 0 Å². The molecule has 2 heterocycles. The van der Waals surface area contributed by atoms with Crippen LogP contribution in [0.25, 0.3) is 0 Å². The lowest BCUT2D eigenvalue weighted by atomic mass is 9.96. The van der Waals surface area contributed by atoms with Gasteiger partial charge in [0.25, 0.3) is 0 Å². The van der Waals surface area contributed by atoms with Crippen LogP contribution in [0, 0.1) is 5.92 Å². The lowest BCUT2D eigenvalue weighted by molar-refractivity contribution is -0.133. The van der Waals surface area contributed by atoms with Crippen molar-refractivity contribution in [2.24, 2.45) is 5.92 Å². The average Bonchev–Trinajstić information content (AvgIpc) is 2.82. The Morgan fingerprint density at radius 2 is 2.00 bits per heavy atom. The van der Waals surface area contributed by atoms with Crippen LogP contribution in [0.5, 0.6) is 0 Å². The van der Waals surface area contributed by atoms with Gasteiger partial charge in [-0.2, -0.15) is 0 Å². The summed E-state index contributed by atoms with van der Waals surface area (Å²) in [6.45, 7) is 5.04. The van der Waals surface area contributed by atoms with Crippen LogP contribution in [0.1, 0.15) is 32.3 Å². The number of carbonyl (C=O) groups is 2. The first-order valence-electron chi connectivity index (χ1n) is 7.74. The molecule has 2 aliphatic heterocycles. The fraction of sp³-hybridized carbons (Fsp3) is 0.529. The smallest absolute Gasteiger partial charge is 0.232 e. The first-order chi connectivity index (χ1) is 10.1. The highest BCUT2D eigenvalue weighted by molar-refractivity contribution is 5.98. The number of carbonyl (C=O) groups excluding carboxylic acids is 2.